The average Bonchev–Trinajstić information content (AvgIpc) is 2.41. The highest BCUT2D eigenvalue weighted by molar-refractivity contribution is 5.81. The highest BCUT2D eigenvalue weighted by atomic mass is 16.2. The van der Waals surface area contributed by atoms with Crippen LogP contribution in [0.2, 0.25) is 0 Å². The second-order valence-electron chi connectivity index (χ2n) is 6.71. The van der Waals surface area contributed by atoms with Crippen LogP contribution in [0.1, 0.15) is 52.9 Å². The van der Waals surface area contributed by atoms with Gasteiger partial charge in [-0.15, -0.1) is 0 Å². The van der Waals surface area contributed by atoms with Gasteiger partial charge in [-0.25, -0.2) is 0 Å². The molecule has 1 aliphatic rings. The van der Waals surface area contributed by atoms with Crippen LogP contribution in [0, 0.1) is 5.92 Å². The van der Waals surface area contributed by atoms with Gasteiger partial charge in [0.1, 0.15) is 0 Å². The first-order chi connectivity index (χ1) is 9.41. The molecule has 0 bridgehead atoms. The van der Waals surface area contributed by atoms with E-state index in [1.54, 1.807) is 0 Å². The Morgan fingerprint density at radius 2 is 2.15 bits per heavy atom. The molecule has 0 saturated heterocycles. The normalized spacial score (nSPS) is 28.4. The number of hydrogen-bond acceptors (Lipinski definition) is 3. The van der Waals surface area contributed by atoms with Crippen LogP contribution in [0.25, 0.3) is 0 Å². The van der Waals surface area contributed by atoms with Crippen LogP contribution in [0.4, 0.5) is 0 Å². The van der Waals surface area contributed by atoms with Crippen molar-refractivity contribution in [2.75, 3.05) is 27.2 Å². The molecule has 4 nitrogen and oxygen atoms in total. The van der Waals surface area contributed by atoms with Crippen molar-refractivity contribution in [2.45, 2.75) is 64.5 Å². The Morgan fingerprint density at radius 1 is 1.45 bits per heavy atom. The fourth-order valence-corrected chi connectivity index (χ4v) is 3.19. The molecule has 3 unspecified atom stereocenters. The number of rotatable bonds is 7. The lowest BCUT2D eigenvalue weighted by Gasteiger charge is -2.46. The maximum absolute atomic E-state index is 11.9. The molecule has 0 aliphatic heterocycles. The van der Waals surface area contributed by atoms with Crippen LogP contribution in [0.3, 0.4) is 0 Å². The molecule has 0 heterocycles. The standard InChI is InChI=1S/C16H33N3O/c1-6-10-17-15(20)14(3)18-12-16(19(4)5)9-7-8-13(2)11-16/h13-14,18H,6-12H2,1-5H3,(H,17,20). The minimum Gasteiger partial charge on any atom is -0.355 e. The maximum atomic E-state index is 11.9. The van der Waals surface area contributed by atoms with Gasteiger partial charge < -0.3 is 15.5 Å². The predicted molar refractivity (Wildman–Crippen MR) is 84.8 cm³/mol. The first-order valence-corrected chi connectivity index (χ1v) is 8.10. The Balaban J connectivity index is 2.52. The van der Waals surface area contributed by atoms with Crippen molar-refractivity contribution >= 4 is 5.91 Å². The van der Waals surface area contributed by atoms with Crippen molar-refractivity contribution < 1.29 is 4.79 Å². The molecule has 1 saturated carbocycles. The monoisotopic (exact) mass is 283 g/mol. The lowest BCUT2D eigenvalue weighted by atomic mass is 9.75. The number of carbonyl (C=O) groups is 1. The zero-order chi connectivity index (χ0) is 15.2. The van der Waals surface area contributed by atoms with Gasteiger partial charge in [0.15, 0.2) is 0 Å². The molecular formula is C16H33N3O. The minimum atomic E-state index is -0.115. The summed E-state index contributed by atoms with van der Waals surface area (Å²) in [7, 11) is 4.34. The van der Waals surface area contributed by atoms with Crippen LogP contribution in [-0.4, -0.2) is 49.6 Å². The van der Waals surface area contributed by atoms with Crippen LogP contribution in [0.15, 0.2) is 0 Å². The van der Waals surface area contributed by atoms with Gasteiger partial charge in [0.05, 0.1) is 6.04 Å². The van der Waals surface area contributed by atoms with Gasteiger partial charge in [-0.3, -0.25) is 4.79 Å². The molecule has 118 valence electrons. The highest BCUT2D eigenvalue weighted by Gasteiger charge is 2.37. The van der Waals surface area contributed by atoms with E-state index >= 15 is 0 Å². The number of nitrogens with zero attached hydrogens (tertiary/aromatic N) is 1. The highest BCUT2D eigenvalue weighted by Crippen LogP contribution is 2.35. The summed E-state index contributed by atoms with van der Waals surface area (Å²) in [5.74, 6) is 0.891. The zero-order valence-electron chi connectivity index (χ0n) is 14.0. The van der Waals surface area contributed by atoms with Crippen LogP contribution < -0.4 is 10.6 Å². The molecule has 1 amide bonds. The van der Waals surface area contributed by atoms with Crippen molar-refractivity contribution in [1.82, 2.24) is 15.5 Å². The summed E-state index contributed by atoms with van der Waals surface area (Å²) >= 11 is 0. The lowest BCUT2D eigenvalue weighted by Crippen LogP contribution is -2.57. The smallest absolute Gasteiger partial charge is 0.236 e. The van der Waals surface area contributed by atoms with Gasteiger partial charge in [-0.2, -0.15) is 0 Å². The fourth-order valence-electron chi connectivity index (χ4n) is 3.19. The Morgan fingerprint density at radius 3 is 2.70 bits per heavy atom. The van der Waals surface area contributed by atoms with Crippen LogP contribution in [0.5, 0.6) is 0 Å². The fraction of sp³-hybridized carbons (Fsp3) is 0.938. The molecule has 0 radical (unpaired) electrons. The predicted octanol–water partition coefficient (Wildman–Crippen LogP) is 2.00. The summed E-state index contributed by atoms with van der Waals surface area (Å²) in [4.78, 5) is 14.3. The topological polar surface area (TPSA) is 44.4 Å². The third-order valence-corrected chi connectivity index (χ3v) is 4.70. The summed E-state index contributed by atoms with van der Waals surface area (Å²) < 4.78 is 0. The molecular weight excluding hydrogens is 250 g/mol. The first kappa shape index (κ1) is 17.4. The molecule has 1 fully saturated rings. The molecule has 20 heavy (non-hydrogen) atoms. The quantitative estimate of drug-likeness (QED) is 0.751. The Labute approximate surface area is 124 Å². The van der Waals surface area contributed by atoms with E-state index in [1.807, 2.05) is 6.92 Å². The number of likely N-dealkylation sites (N-methyl/N-ethyl adjacent to an activating group) is 1. The first-order valence-electron chi connectivity index (χ1n) is 8.10. The summed E-state index contributed by atoms with van der Waals surface area (Å²) in [5, 5.41) is 6.41. The van der Waals surface area contributed by atoms with E-state index in [4.69, 9.17) is 0 Å². The molecule has 0 aromatic rings. The summed E-state index contributed by atoms with van der Waals surface area (Å²) in [5.41, 5.74) is 0.205. The van der Waals surface area contributed by atoms with Gasteiger partial charge in [-0.05, 0) is 46.2 Å². The average molecular weight is 283 g/mol. The minimum absolute atomic E-state index is 0.115. The second kappa shape index (κ2) is 7.99. The molecule has 1 rings (SSSR count). The Kier molecular flexibility index (Phi) is 6.96. The van der Waals surface area contributed by atoms with Crippen molar-refractivity contribution in [3.05, 3.63) is 0 Å². The Bertz CT molecular complexity index is 306. The molecule has 0 aromatic heterocycles. The molecule has 2 N–H and O–H groups in total. The van der Waals surface area contributed by atoms with E-state index in [9.17, 15) is 4.79 Å². The van der Waals surface area contributed by atoms with Crippen molar-refractivity contribution in [3.8, 4) is 0 Å². The number of amides is 1. The number of nitrogens with one attached hydrogen (secondary N) is 2. The van der Waals surface area contributed by atoms with Gasteiger partial charge in [0.25, 0.3) is 0 Å². The third-order valence-electron chi connectivity index (χ3n) is 4.70. The van der Waals surface area contributed by atoms with E-state index < -0.39 is 0 Å². The van der Waals surface area contributed by atoms with E-state index in [0.717, 1.165) is 25.4 Å². The zero-order valence-corrected chi connectivity index (χ0v) is 14.0. The maximum Gasteiger partial charge on any atom is 0.236 e. The third kappa shape index (κ3) is 4.74. The summed E-state index contributed by atoms with van der Waals surface area (Å²) in [6.45, 7) is 8.03. The SMILES string of the molecule is CCCNC(=O)C(C)NCC1(N(C)C)CCCC(C)C1. The number of carbonyl (C=O) groups excluding carboxylic acids is 1. The van der Waals surface area contributed by atoms with Gasteiger partial charge in [0.2, 0.25) is 5.91 Å². The van der Waals surface area contributed by atoms with Gasteiger partial charge >= 0.3 is 0 Å². The second-order valence-corrected chi connectivity index (χ2v) is 6.71. The summed E-state index contributed by atoms with van der Waals surface area (Å²) in [6, 6.07) is -0.115. The molecule has 1 aliphatic carbocycles. The number of hydrogen-bond donors (Lipinski definition) is 2. The van der Waals surface area contributed by atoms with Gasteiger partial charge in [0, 0.05) is 18.6 Å². The van der Waals surface area contributed by atoms with E-state index in [0.29, 0.717) is 0 Å². The van der Waals surface area contributed by atoms with Crippen LogP contribution in [-0.2, 0) is 4.79 Å². The molecule has 0 spiro atoms. The molecule has 0 aromatic carbocycles. The van der Waals surface area contributed by atoms with E-state index in [2.05, 4.69) is 43.5 Å². The van der Waals surface area contributed by atoms with E-state index in [1.165, 1.54) is 25.7 Å². The van der Waals surface area contributed by atoms with E-state index in [-0.39, 0.29) is 17.5 Å². The molecule has 3 atom stereocenters. The van der Waals surface area contributed by atoms with Crippen molar-refractivity contribution in [1.29, 1.82) is 0 Å². The largest absolute Gasteiger partial charge is 0.355 e. The summed E-state index contributed by atoms with van der Waals surface area (Å²) in [6.07, 6.45) is 6.05. The Hall–Kier alpha value is -0.610. The lowest BCUT2D eigenvalue weighted by molar-refractivity contribution is -0.122. The van der Waals surface area contributed by atoms with Crippen molar-refractivity contribution in [3.63, 3.8) is 0 Å². The van der Waals surface area contributed by atoms with Crippen LogP contribution >= 0.6 is 0 Å². The van der Waals surface area contributed by atoms with Gasteiger partial charge in [-0.1, -0.05) is 26.7 Å². The van der Waals surface area contributed by atoms with Crippen molar-refractivity contribution in [2.24, 2.45) is 5.92 Å². The molecule has 4 heteroatoms.